The molecule has 0 aliphatic heterocycles. The van der Waals surface area contributed by atoms with Crippen molar-refractivity contribution in [1.29, 1.82) is 0 Å². The van der Waals surface area contributed by atoms with Gasteiger partial charge in [0.2, 0.25) is 0 Å². The Balaban J connectivity index is 2.00. The summed E-state index contributed by atoms with van der Waals surface area (Å²) in [6.45, 7) is 2.62. The van der Waals surface area contributed by atoms with Gasteiger partial charge in [0.05, 0.1) is 0 Å². The highest BCUT2D eigenvalue weighted by molar-refractivity contribution is 9.10. The average molecular weight is 326 g/mol. The molecule has 0 radical (unpaired) electrons. The highest BCUT2D eigenvalue weighted by Gasteiger charge is 2.07. The van der Waals surface area contributed by atoms with Crippen molar-refractivity contribution in [2.75, 3.05) is 0 Å². The van der Waals surface area contributed by atoms with Gasteiger partial charge in [0.1, 0.15) is 11.6 Å². The number of rotatable bonds is 4. The first-order valence-electron chi connectivity index (χ1n) is 5.99. The molecule has 2 rings (SSSR count). The van der Waals surface area contributed by atoms with E-state index in [-0.39, 0.29) is 17.7 Å². The van der Waals surface area contributed by atoms with Crippen LogP contribution in [0.15, 0.2) is 46.9 Å². The lowest BCUT2D eigenvalue weighted by Crippen LogP contribution is -2.18. The highest BCUT2D eigenvalue weighted by atomic mass is 79.9. The third-order valence-corrected chi connectivity index (χ3v) is 3.72. The van der Waals surface area contributed by atoms with Crippen molar-refractivity contribution in [2.24, 2.45) is 0 Å². The Labute approximate surface area is 119 Å². The predicted molar refractivity (Wildman–Crippen MR) is 75.8 cm³/mol. The maximum Gasteiger partial charge on any atom is 0.124 e. The summed E-state index contributed by atoms with van der Waals surface area (Å²) in [4.78, 5) is 0. The van der Waals surface area contributed by atoms with Crippen LogP contribution in [0.25, 0.3) is 0 Å². The van der Waals surface area contributed by atoms with Gasteiger partial charge in [-0.15, -0.1) is 0 Å². The molecule has 0 amide bonds. The molecule has 2 aromatic carbocycles. The van der Waals surface area contributed by atoms with Crippen LogP contribution in [0.4, 0.5) is 8.78 Å². The number of halogens is 3. The Morgan fingerprint density at radius 3 is 2.32 bits per heavy atom. The molecular weight excluding hydrogens is 312 g/mol. The maximum atomic E-state index is 13.0. The largest absolute Gasteiger partial charge is 0.306 e. The Hall–Kier alpha value is -1.26. The first kappa shape index (κ1) is 14.2. The molecule has 2 aromatic rings. The first-order valence-corrected chi connectivity index (χ1v) is 6.78. The standard InChI is InChI=1S/C15H14BrF2N/c1-10(11-2-5-13(17)6-3-11)19-9-12-4-7-14(18)8-15(12)16/h2-8,10,19H,9H2,1H3/t10-/m1/s1. The van der Waals surface area contributed by atoms with E-state index in [4.69, 9.17) is 0 Å². The summed E-state index contributed by atoms with van der Waals surface area (Å²) in [5, 5.41) is 3.32. The molecule has 0 saturated heterocycles. The molecule has 0 bridgehead atoms. The lowest BCUT2D eigenvalue weighted by atomic mass is 10.1. The zero-order valence-electron chi connectivity index (χ0n) is 10.5. The summed E-state index contributed by atoms with van der Waals surface area (Å²) >= 11 is 3.33. The van der Waals surface area contributed by atoms with Crippen LogP contribution >= 0.6 is 15.9 Å². The second-order valence-corrected chi connectivity index (χ2v) is 5.24. The summed E-state index contributed by atoms with van der Waals surface area (Å²) in [6, 6.07) is 11.1. The van der Waals surface area contributed by atoms with Crippen LogP contribution in [0.5, 0.6) is 0 Å². The minimum Gasteiger partial charge on any atom is -0.306 e. The minimum atomic E-state index is -0.262. The molecule has 4 heteroatoms. The number of hydrogen-bond acceptors (Lipinski definition) is 1. The van der Waals surface area contributed by atoms with E-state index in [1.807, 2.05) is 6.92 Å². The number of benzene rings is 2. The van der Waals surface area contributed by atoms with Crippen molar-refractivity contribution in [3.8, 4) is 0 Å². The second-order valence-electron chi connectivity index (χ2n) is 4.39. The molecule has 0 aliphatic carbocycles. The molecule has 1 N–H and O–H groups in total. The van der Waals surface area contributed by atoms with Gasteiger partial charge in [0.25, 0.3) is 0 Å². The Kier molecular flexibility index (Phi) is 4.66. The van der Waals surface area contributed by atoms with Gasteiger partial charge in [0, 0.05) is 17.1 Å². The van der Waals surface area contributed by atoms with E-state index < -0.39 is 0 Å². The monoisotopic (exact) mass is 325 g/mol. The summed E-state index contributed by atoms with van der Waals surface area (Å²) in [6.07, 6.45) is 0. The Bertz CT molecular complexity index is 555. The van der Waals surface area contributed by atoms with Gasteiger partial charge in [0.15, 0.2) is 0 Å². The van der Waals surface area contributed by atoms with Gasteiger partial charge >= 0.3 is 0 Å². The molecule has 0 fully saturated rings. The molecule has 0 aliphatic rings. The molecule has 19 heavy (non-hydrogen) atoms. The number of hydrogen-bond donors (Lipinski definition) is 1. The predicted octanol–water partition coefficient (Wildman–Crippen LogP) is 4.58. The topological polar surface area (TPSA) is 12.0 Å². The molecule has 0 aromatic heterocycles. The van der Waals surface area contributed by atoms with Crippen molar-refractivity contribution in [3.05, 3.63) is 69.7 Å². The SMILES string of the molecule is C[C@@H](NCc1ccc(F)cc1Br)c1ccc(F)cc1. The smallest absolute Gasteiger partial charge is 0.124 e. The van der Waals surface area contributed by atoms with Crippen LogP contribution in [-0.2, 0) is 6.54 Å². The molecule has 0 unspecified atom stereocenters. The summed E-state index contributed by atoms with van der Waals surface area (Å²) in [5.74, 6) is -0.501. The van der Waals surface area contributed by atoms with E-state index >= 15 is 0 Å². The Morgan fingerprint density at radius 2 is 1.68 bits per heavy atom. The third kappa shape index (κ3) is 3.85. The lowest BCUT2D eigenvalue weighted by Gasteiger charge is -2.15. The normalized spacial score (nSPS) is 12.4. The lowest BCUT2D eigenvalue weighted by molar-refractivity contribution is 0.568. The van der Waals surface area contributed by atoms with Crippen LogP contribution in [0, 0.1) is 11.6 Å². The van der Waals surface area contributed by atoms with Crippen molar-refractivity contribution >= 4 is 15.9 Å². The zero-order chi connectivity index (χ0) is 13.8. The molecule has 1 nitrogen and oxygen atoms in total. The zero-order valence-corrected chi connectivity index (χ0v) is 12.0. The molecule has 0 heterocycles. The van der Waals surface area contributed by atoms with Crippen LogP contribution in [0.3, 0.4) is 0 Å². The molecule has 100 valence electrons. The summed E-state index contributed by atoms with van der Waals surface area (Å²) < 4.78 is 26.5. The van der Waals surface area contributed by atoms with Crippen molar-refractivity contribution in [1.82, 2.24) is 5.32 Å². The van der Waals surface area contributed by atoms with Gasteiger partial charge in [-0.1, -0.05) is 34.1 Å². The second kappa shape index (κ2) is 6.26. The van der Waals surface area contributed by atoms with E-state index in [1.165, 1.54) is 24.3 Å². The van der Waals surface area contributed by atoms with Crippen LogP contribution in [0.2, 0.25) is 0 Å². The van der Waals surface area contributed by atoms with Gasteiger partial charge in [-0.3, -0.25) is 0 Å². The molecule has 0 saturated carbocycles. The van der Waals surface area contributed by atoms with E-state index in [0.717, 1.165) is 15.6 Å². The van der Waals surface area contributed by atoms with E-state index in [9.17, 15) is 8.78 Å². The van der Waals surface area contributed by atoms with Gasteiger partial charge in [-0.05, 0) is 42.3 Å². The Morgan fingerprint density at radius 1 is 1.05 bits per heavy atom. The highest BCUT2D eigenvalue weighted by Crippen LogP contribution is 2.19. The van der Waals surface area contributed by atoms with E-state index in [2.05, 4.69) is 21.2 Å². The fourth-order valence-electron chi connectivity index (χ4n) is 1.80. The molecular formula is C15H14BrF2N. The third-order valence-electron chi connectivity index (χ3n) is 2.98. The molecule has 1 atom stereocenters. The minimum absolute atomic E-state index is 0.0950. The first-order chi connectivity index (χ1) is 9.06. The van der Waals surface area contributed by atoms with E-state index in [1.54, 1.807) is 18.2 Å². The van der Waals surface area contributed by atoms with Crippen molar-refractivity contribution in [2.45, 2.75) is 19.5 Å². The van der Waals surface area contributed by atoms with Gasteiger partial charge in [-0.2, -0.15) is 0 Å². The van der Waals surface area contributed by atoms with E-state index in [0.29, 0.717) is 6.54 Å². The number of nitrogens with one attached hydrogen (secondary N) is 1. The summed E-state index contributed by atoms with van der Waals surface area (Å²) in [5.41, 5.74) is 2.00. The molecule has 0 spiro atoms. The van der Waals surface area contributed by atoms with Crippen molar-refractivity contribution in [3.63, 3.8) is 0 Å². The van der Waals surface area contributed by atoms with Crippen LogP contribution in [-0.4, -0.2) is 0 Å². The maximum absolute atomic E-state index is 13.0. The quantitative estimate of drug-likeness (QED) is 0.867. The van der Waals surface area contributed by atoms with Crippen molar-refractivity contribution < 1.29 is 8.78 Å². The fraction of sp³-hybridized carbons (Fsp3) is 0.200. The van der Waals surface area contributed by atoms with Crippen LogP contribution in [0.1, 0.15) is 24.1 Å². The fourth-order valence-corrected chi connectivity index (χ4v) is 2.29. The van der Waals surface area contributed by atoms with Gasteiger partial charge in [-0.25, -0.2) is 8.78 Å². The van der Waals surface area contributed by atoms with Crippen LogP contribution < -0.4 is 5.32 Å². The van der Waals surface area contributed by atoms with Gasteiger partial charge < -0.3 is 5.32 Å². The summed E-state index contributed by atoms with van der Waals surface area (Å²) in [7, 11) is 0. The average Bonchev–Trinajstić information content (AvgIpc) is 2.38.